The zero-order valence-electron chi connectivity index (χ0n) is 19.2. The summed E-state index contributed by atoms with van der Waals surface area (Å²) in [5.41, 5.74) is 2.17. The lowest BCUT2D eigenvalue weighted by molar-refractivity contribution is -0.192. The average Bonchev–Trinajstić information content (AvgIpc) is 3.09. The Morgan fingerprint density at radius 3 is 2.34 bits per heavy atom. The van der Waals surface area contributed by atoms with Crippen molar-refractivity contribution in [3.63, 3.8) is 0 Å². The maximum absolute atomic E-state index is 12.5. The first-order chi connectivity index (χ1) is 16.5. The highest BCUT2D eigenvalue weighted by Crippen LogP contribution is 2.26. The molecule has 2 amide bonds. The van der Waals surface area contributed by atoms with Gasteiger partial charge in [-0.05, 0) is 68.8 Å². The number of fused-ring (bicyclic) bond motifs is 1. The fourth-order valence-corrected chi connectivity index (χ4v) is 3.99. The minimum Gasteiger partial charge on any atom is -0.481 e. The molecular formula is C23H30F3N3O6. The lowest BCUT2D eigenvalue weighted by atomic mass is 9.92. The third kappa shape index (κ3) is 9.55. The Balaban J connectivity index is 0.000000540. The van der Waals surface area contributed by atoms with E-state index < -0.39 is 18.1 Å². The van der Waals surface area contributed by atoms with E-state index in [9.17, 15) is 27.6 Å². The molecule has 4 N–H and O–H groups in total. The first-order valence-corrected chi connectivity index (χ1v) is 11.4. The van der Waals surface area contributed by atoms with Crippen molar-refractivity contribution >= 4 is 29.4 Å². The number of carbonyl (C=O) groups is 4. The first kappa shape index (κ1) is 28.1. The van der Waals surface area contributed by atoms with Gasteiger partial charge in [-0.3, -0.25) is 14.4 Å². The highest BCUT2D eigenvalue weighted by Gasteiger charge is 2.38. The predicted molar refractivity (Wildman–Crippen MR) is 120 cm³/mol. The number of piperidine rings is 1. The van der Waals surface area contributed by atoms with Crippen LogP contribution in [-0.4, -0.2) is 64.7 Å². The van der Waals surface area contributed by atoms with Crippen molar-refractivity contribution in [3.8, 4) is 0 Å². The minimum absolute atomic E-state index is 0.0161. The van der Waals surface area contributed by atoms with Gasteiger partial charge in [-0.25, -0.2) is 4.79 Å². The van der Waals surface area contributed by atoms with E-state index in [1.54, 1.807) is 11.0 Å². The fourth-order valence-electron chi connectivity index (χ4n) is 3.99. The molecule has 35 heavy (non-hydrogen) atoms. The Kier molecular flexibility index (Phi) is 10.5. The third-order valence-corrected chi connectivity index (χ3v) is 5.81. The van der Waals surface area contributed by atoms with Crippen LogP contribution in [0.1, 0.15) is 60.9 Å². The molecule has 0 spiro atoms. The fraction of sp³-hybridized carbons (Fsp3) is 0.565. The lowest BCUT2D eigenvalue weighted by Gasteiger charge is -2.22. The summed E-state index contributed by atoms with van der Waals surface area (Å²) in [7, 11) is 0. The molecule has 1 fully saturated rings. The molecule has 9 nitrogen and oxygen atoms in total. The topological polar surface area (TPSA) is 136 Å². The smallest absolute Gasteiger partial charge is 0.481 e. The van der Waals surface area contributed by atoms with Crippen LogP contribution in [0.2, 0.25) is 0 Å². The second-order valence-corrected chi connectivity index (χ2v) is 8.53. The number of anilines is 1. The number of carboxylic acid groups (broad SMARTS) is 2. The summed E-state index contributed by atoms with van der Waals surface area (Å²) >= 11 is 0. The van der Waals surface area contributed by atoms with Crippen molar-refractivity contribution in [1.82, 2.24) is 10.2 Å². The van der Waals surface area contributed by atoms with Crippen LogP contribution in [0, 0.1) is 5.92 Å². The molecule has 2 aliphatic rings. The number of nitrogens with one attached hydrogen (secondary N) is 2. The van der Waals surface area contributed by atoms with Crippen molar-refractivity contribution in [2.75, 3.05) is 25.0 Å². The number of amides is 2. The quantitative estimate of drug-likeness (QED) is 0.408. The number of benzene rings is 1. The summed E-state index contributed by atoms with van der Waals surface area (Å²) in [6.45, 7) is 3.08. The SMILES string of the molecule is O=C(O)C(F)(F)F.O=C(O)CCCN1Cc2ccc(NC(=O)CCCC3CCNCC3)cc2C1=O. The Morgan fingerprint density at radius 1 is 1.09 bits per heavy atom. The maximum Gasteiger partial charge on any atom is 0.490 e. The molecule has 1 saturated heterocycles. The van der Waals surface area contributed by atoms with Gasteiger partial charge in [0.1, 0.15) is 0 Å². The van der Waals surface area contributed by atoms with Crippen LogP contribution in [0.5, 0.6) is 0 Å². The molecule has 2 heterocycles. The zero-order valence-corrected chi connectivity index (χ0v) is 19.2. The van der Waals surface area contributed by atoms with Crippen molar-refractivity contribution in [2.45, 2.75) is 57.7 Å². The minimum atomic E-state index is -5.08. The summed E-state index contributed by atoms with van der Waals surface area (Å²) in [6.07, 6.45) is 0.265. The summed E-state index contributed by atoms with van der Waals surface area (Å²) in [5.74, 6) is -3.00. The van der Waals surface area contributed by atoms with Gasteiger partial charge in [0.15, 0.2) is 0 Å². The van der Waals surface area contributed by atoms with E-state index in [0.717, 1.165) is 37.4 Å². The van der Waals surface area contributed by atoms with E-state index in [1.807, 2.05) is 12.1 Å². The molecule has 0 unspecified atom stereocenters. The number of alkyl halides is 3. The van der Waals surface area contributed by atoms with E-state index >= 15 is 0 Å². The van der Waals surface area contributed by atoms with Gasteiger partial charge in [0, 0.05) is 37.2 Å². The number of hydrogen-bond acceptors (Lipinski definition) is 5. The summed E-state index contributed by atoms with van der Waals surface area (Å²) in [5, 5.41) is 22.1. The average molecular weight is 502 g/mol. The summed E-state index contributed by atoms with van der Waals surface area (Å²) in [6, 6.07) is 5.44. The van der Waals surface area contributed by atoms with E-state index in [4.69, 9.17) is 15.0 Å². The van der Waals surface area contributed by atoms with Crippen molar-refractivity contribution in [3.05, 3.63) is 29.3 Å². The Bertz CT molecular complexity index is 916. The normalized spacial score (nSPS) is 15.7. The van der Waals surface area contributed by atoms with Gasteiger partial charge in [0.05, 0.1) is 0 Å². The Morgan fingerprint density at radius 2 is 1.74 bits per heavy atom. The number of carboxylic acids is 2. The van der Waals surface area contributed by atoms with Crippen molar-refractivity contribution in [2.24, 2.45) is 5.92 Å². The molecule has 1 aromatic carbocycles. The van der Waals surface area contributed by atoms with Gasteiger partial charge in [-0.2, -0.15) is 13.2 Å². The molecule has 12 heteroatoms. The van der Waals surface area contributed by atoms with E-state index in [2.05, 4.69) is 10.6 Å². The molecule has 0 atom stereocenters. The monoisotopic (exact) mass is 501 g/mol. The molecule has 0 saturated carbocycles. The van der Waals surface area contributed by atoms with Crippen LogP contribution < -0.4 is 10.6 Å². The maximum atomic E-state index is 12.5. The molecule has 1 aromatic rings. The van der Waals surface area contributed by atoms with Crippen LogP contribution >= 0.6 is 0 Å². The first-order valence-electron chi connectivity index (χ1n) is 11.4. The number of halogens is 3. The van der Waals surface area contributed by atoms with Crippen LogP contribution in [0.15, 0.2) is 18.2 Å². The molecular weight excluding hydrogens is 471 g/mol. The van der Waals surface area contributed by atoms with Crippen molar-refractivity contribution in [1.29, 1.82) is 0 Å². The Hall–Kier alpha value is -3.15. The second kappa shape index (κ2) is 13.1. The molecule has 194 valence electrons. The molecule has 0 aromatic heterocycles. The molecule has 0 bridgehead atoms. The highest BCUT2D eigenvalue weighted by molar-refractivity contribution is 6.00. The lowest BCUT2D eigenvalue weighted by Crippen LogP contribution is -2.27. The summed E-state index contributed by atoms with van der Waals surface area (Å²) in [4.78, 5) is 45.9. The second-order valence-electron chi connectivity index (χ2n) is 8.53. The Labute approximate surface area is 200 Å². The van der Waals surface area contributed by atoms with Crippen LogP contribution in [-0.2, 0) is 20.9 Å². The van der Waals surface area contributed by atoms with Gasteiger partial charge >= 0.3 is 18.1 Å². The molecule has 2 aliphatic heterocycles. The number of carbonyl (C=O) groups excluding carboxylic acids is 2. The largest absolute Gasteiger partial charge is 0.490 e. The zero-order chi connectivity index (χ0) is 26.0. The number of nitrogens with zero attached hydrogens (tertiary/aromatic N) is 1. The number of aliphatic carboxylic acids is 2. The van der Waals surface area contributed by atoms with Crippen LogP contribution in [0.25, 0.3) is 0 Å². The van der Waals surface area contributed by atoms with E-state index in [1.165, 1.54) is 12.8 Å². The molecule has 0 aliphatic carbocycles. The van der Waals surface area contributed by atoms with Crippen LogP contribution in [0.4, 0.5) is 18.9 Å². The van der Waals surface area contributed by atoms with Gasteiger partial charge < -0.3 is 25.7 Å². The van der Waals surface area contributed by atoms with Gasteiger partial charge in [-0.15, -0.1) is 0 Å². The van der Waals surface area contributed by atoms with Crippen LogP contribution in [0.3, 0.4) is 0 Å². The van der Waals surface area contributed by atoms with E-state index in [-0.39, 0.29) is 18.2 Å². The highest BCUT2D eigenvalue weighted by atomic mass is 19.4. The number of hydrogen-bond donors (Lipinski definition) is 4. The third-order valence-electron chi connectivity index (χ3n) is 5.81. The van der Waals surface area contributed by atoms with E-state index in [0.29, 0.717) is 37.2 Å². The van der Waals surface area contributed by atoms with Crippen molar-refractivity contribution < 1.29 is 42.6 Å². The number of rotatable bonds is 9. The standard InChI is InChI=1S/C21H29N3O4.C2HF3O2/c25-19(4-1-3-15-8-10-22-11-9-15)23-17-7-6-16-14-24(12-2-5-20(26)27)21(28)18(16)13-17;3-2(4,5)1(6)7/h6-7,13,15,22H,1-5,8-12,14H2,(H,23,25)(H,26,27);(H,6,7). The molecule has 3 rings (SSSR count). The van der Waals surface area contributed by atoms with Gasteiger partial charge in [0.2, 0.25) is 5.91 Å². The van der Waals surface area contributed by atoms with Gasteiger partial charge in [0.25, 0.3) is 5.91 Å². The van der Waals surface area contributed by atoms with Gasteiger partial charge in [-0.1, -0.05) is 6.07 Å². The summed E-state index contributed by atoms with van der Waals surface area (Å²) < 4.78 is 31.7. The molecule has 0 radical (unpaired) electrons. The predicted octanol–water partition coefficient (Wildman–Crippen LogP) is 3.25.